The fraction of sp³-hybridized carbons (Fsp3) is 0.583. The molecule has 0 aliphatic rings. The summed E-state index contributed by atoms with van der Waals surface area (Å²) in [4.78, 5) is 18.2. The number of rotatable bonds is 6. The molecule has 3 N–H and O–H groups in total. The number of nitrogens with two attached hydrogens (primary N) is 1. The van der Waals surface area contributed by atoms with Crippen molar-refractivity contribution in [1.82, 2.24) is 9.88 Å². The normalized spacial score (nSPS) is 13.3. The first-order valence-electron chi connectivity index (χ1n) is 6.13. The van der Waals surface area contributed by atoms with E-state index < -0.39 is 5.92 Å². The van der Waals surface area contributed by atoms with Crippen molar-refractivity contribution < 1.29 is 10.0 Å². The average Bonchev–Trinajstić information content (AvgIpc) is 2.79. The van der Waals surface area contributed by atoms with Crippen LogP contribution in [-0.2, 0) is 11.3 Å². The van der Waals surface area contributed by atoms with Crippen molar-refractivity contribution in [1.29, 1.82) is 0 Å². The summed E-state index contributed by atoms with van der Waals surface area (Å²) in [6.07, 6.45) is 1.35. The van der Waals surface area contributed by atoms with Crippen molar-refractivity contribution in [2.75, 3.05) is 7.05 Å². The van der Waals surface area contributed by atoms with Gasteiger partial charge in [-0.15, -0.1) is 11.3 Å². The molecule has 0 aliphatic heterocycles. The maximum atomic E-state index is 12.3. The van der Waals surface area contributed by atoms with Gasteiger partial charge in [0.1, 0.15) is 0 Å². The summed E-state index contributed by atoms with van der Waals surface area (Å²) in [5.74, 6) is -0.754. The lowest BCUT2D eigenvalue weighted by molar-refractivity contribution is -0.132. The quantitative estimate of drug-likeness (QED) is 0.359. The number of oxime groups is 1. The van der Waals surface area contributed by atoms with E-state index in [2.05, 4.69) is 10.1 Å². The van der Waals surface area contributed by atoms with E-state index in [0.29, 0.717) is 13.0 Å². The molecule has 0 fully saturated rings. The number of aromatic nitrogens is 1. The molecule has 0 bridgehead atoms. The average molecular weight is 284 g/mol. The van der Waals surface area contributed by atoms with Gasteiger partial charge < -0.3 is 15.8 Å². The van der Waals surface area contributed by atoms with Crippen LogP contribution in [0.5, 0.6) is 0 Å². The maximum absolute atomic E-state index is 12.3. The van der Waals surface area contributed by atoms with E-state index in [-0.39, 0.29) is 11.7 Å². The van der Waals surface area contributed by atoms with Gasteiger partial charge in [-0.1, -0.05) is 18.5 Å². The highest BCUT2D eigenvalue weighted by Gasteiger charge is 2.25. The van der Waals surface area contributed by atoms with E-state index in [1.807, 2.05) is 19.2 Å². The predicted molar refractivity (Wildman–Crippen MR) is 75.1 cm³/mol. The number of nitrogens with zero attached hydrogens (tertiary/aromatic N) is 3. The molecule has 19 heavy (non-hydrogen) atoms. The highest BCUT2D eigenvalue weighted by Crippen LogP contribution is 2.14. The Balaban J connectivity index is 2.73. The van der Waals surface area contributed by atoms with Crippen LogP contribution in [-0.4, -0.2) is 33.9 Å². The summed E-state index contributed by atoms with van der Waals surface area (Å²) in [7, 11) is 1.70. The number of carbonyl (C=O) groups is 1. The first-order valence-corrected chi connectivity index (χ1v) is 7.01. The Labute approximate surface area is 116 Å². The van der Waals surface area contributed by atoms with Gasteiger partial charge in [-0.2, -0.15) is 0 Å². The highest BCUT2D eigenvalue weighted by molar-refractivity contribution is 7.09. The standard InChI is InChI=1S/C12H20N4O2S/c1-4-5-10(11(13)15-18)12(17)16(3)6-9-7-19-8(2)14-9/h7,10,18H,4-6H2,1-3H3,(H2,13,15). The van der Waals surface area contributed by atoms with E-state index in [1.54, 1.807) is 23.3 Å². The minimum Gasteiger partial charge on any atom is -0.409 e. The molecule has 1 aromatic rings. The summed E-state index contributed by atoms with van der Waals surface area (Å²) in [5, 5.41) is 14.6. The Hall–Kier alpha value is -1.63. The van der Waals surface area contributed by atoms with Crippen LogP contribution in [0.1, 0.15) is 30.5 Å². The monoisotopic (exact) mass is 284 g/mol. The zero-order chi connectivity index (χ0) is 14.4. The third-order valence-corrected chi connectivity index (χ3v) is 3.61. The van der Waals surface area contributed by atoms with Gasteiger partial charge in [0, 0.05) is 12.4 Å². The van der Waals surface area contributed by atoms with Crippen LogP contribution in [0, 0.1) is 12.8 Å². The van der Waals surface area contributed by atoms with Gasteiger partial charge in [0.05, 0.1) is 23.2 Å². The number of hydrogen-bond donors (Lipinski definition) is 2. The lowest BCUT2D eigenvalue weighted by Gasteiger charge is -2.22. The summed E-state index contributed by atoms with van der Waals surface area (Å²) >= 11 is 1.55. The van der Waals surface area contributed by atoms with Crippen molar-refractivity contribution in [3.63, 3.8) is 0 Å². The molecule has 0 aromatic carbocycles. The lowest BCUT2D eigenvalue weighted by Crippen LogP contribution is -2.39. The van der Waals surface area contributed by atoms with E-state index in [9.17, 15) is 4.79 Å². The molecule has 1 amide bonds. The molecular formula is C12H20N4O2S. The second-order valence-corrected chi connectivity index (χ2v) is 5.48. The molecule has 0 saturated heterocycles. The topological polar surface area (TPSA) is 91.8 Å². The second-order valence-electron chi connectivity index (χ2n) is 4.42. The number of aryl methyl sites for hydroxylation is 1. The van der Waals surface area contributed by atoms with Gasteiger partial charge in [-0.25, -0.2) is 4.98 Å². The highest BCUT2D eigenvalue weighted by atomic mass is 32.1. The zero-order valence-corrected chi connectivity index (χ0v) is 12.3. The van der Waals surface area contributed by atoms with E-state index in [0.717, 1.165) is 17.1 Å². The van der Waals surface area contributed by atoms with Crippen LogP contribution in [0.4, 0.5) is 0 Å². The summed E-state index contributed by atoms with van der Waals surface area (Å²) in [5.41, 5.74) is 6.43. The smallest absolute Gasteiger partial charge is 0.233 e. The summed E-state index contributed by atoms with van der Waals surface area (Å²) < 4.78 is 0. The van der Waals surface area contributed by atoms with Crippen LogP contribution in [0.2, 0.25) is 0 Å². The molecule has 0 saturated carbocycles. The van der Waals surface area contributed by atoms with Gasteiger partial charge in [0.2, 0.25) is 5.91 Å². The van der Waals surface area contributed by atoms with Gasteiger partial charge >= 0.3 is 0 Å². The maximum Gasteiger partial charge on any atom is 0.233 e. The van der Waals surface area contributed by atoms with Gasteiger partial charge in [-0.3, -0.25) is 4.79 Å². The lowest BCUT2D eigenvalue weighted by atomic mass is 10.0. The fourth-order valence-electron chi connectivity index (χ4n) is 1.82. The van der Waals surface area contributed by atoms with Crippen molar-refractivity contribution in [2.24, 2.45) is 16.8 Å². The molecule has 1 rings (SSSR count). The summed E-state index contributed by atoms with van der Waals surface area (Å²) in [6.45, 7) is 4.31. The minimum atomic E-state index is -0.570. The zero-order valence-electron chi connectivity index (χ0n) is 11.5. The van der Waals surface area contributed by atoms with Crippen molar-refractivity contribution in [3.8, 4) is 0 Å². The Morgan fingerprint density at radius 2 is 2.37 bits per heavy atom. The van der Waals surface area contributed by atoms with Crippen molar-refractivity contribution in [3.05, 3.63) is 16.1 Å². The molecule has 1 aromatic heterocycles. The first kappa shape index (κ1) is 15.4. The van der Waals surface area contributed by atoms with Crippen LogP contribution in [0.25, 0.3) is 0 Å². The number of amides is 1. The molecule has 1 unspecified atom stereocenters. The van der Waals surface area contributed by atoms with E-state index in [4.69, 9.17) is 10.9 Å². The van der Waals surface area contributed by atoms with Gasteiger partial charge in [0.15, 0.2) is 5.84 Å². The predicted octanol–water partition coefficient (Wildman–Crippen LogP) is 1.57. The molecule has 106 valence electrons. The van der Waals surface area contributed by atoms with E-state index >= 15 is 0 Å². The Morgan fingerprint density at radius 3 is 2.84 bits per heavy atom. The Bertz CT molecular complexity index is 458. The van der Waals surface area contributed by atoms with E-state index in [1.165, 1.54) is 0 Å². The number of thiazole rings is 1. The Morgan fingerprint density at radius 1 is 1.68 bits per heavy atom. The first-order chi connectivity index (χ1) is 8.99. The van der Waals surface area contributed by atoms with Gasteiger partial charge in [-0.05, 0) is 13.3 Å². The van der Waals surface area contributed by atoms with Crippen molar-refractivity contribution >= 4 is 23.1 Å². The number of amidine groups is 1. The van der Waals surface area contributed by atoms with Crippen LogP contribution in [0.15, 0.2) is 10.5 Å². The SMILES string of the molecule is CCCC(C(=O)N(C)Cc1csc(C)n1)C(N)=NO. The van der Waals surface area contributed by atoms with Gasteiger partial charge in [0.25, 0.3) is 0 Å². The molecule has 0 aliphatic carbocycles. The fourth-order valence-corrected chi connectivity index (χ4v) is 2.43. The minimum absolute atomic E-state index is 0.0341. The molecule has 7 heteroatoms. The molecule has 6 nitrogen and oxygen atoms in total. The molecule has 1 atom stereocenters. The third-order valence-electron chi connectivity index (χ3n) is 2.79. The Kier molecular flexibility index (Phi) is 5.75. The summed E-state index contributed by atoms with van der Waals surface area (Å²) in [6, 6.07) is 0. The number of carbonyl (C=O) groups excluding carboxylic acids is 1. The molecular weight excluding hydrogens is 264 g/mol. The van der Waals surface area contributed by atoms with Crippen LogP contribution in [0.3, 0.4) is 0 Å². The number of hydrogen-bond acceptors (Lipinski definition) is 5. The van der Waals surface area contributed by atoms with Crippen LogP contribution >= 0.6 is 11.3 Å². The second kappa shape index (κ2) is 7.08. The molecule has 0 spiro atoms. The third kappa shape index (κ3) is 4.20. The van der Waals surface area contributed by atoms with Crippen LogP contribution < -0.4 is 5.73 Å². The molecule has 0 radical (unpaired) electrons. The van der Waals surface area contributed by atoms with Crippen molar-refractivity contribution in [2.45, 2.75) is 33.2 Å². The molecule has 1 heterocycles. The largest absolute Gasteiger partial charge is 0.409 e.